The highest BCUT2D eigenvalue weighted by Gasteiger charge is 2.26. The SMILES string of the molecule is CCOC(=O)c1ccc(/C(F)=C(C)/C=C/C2=C(C)CCCC2(C)C)cc1. The summed E-state index contributed by atoms with van der Waals surface area (Å²) in [6, 6.07) is 6.43. The van der Waals surface area contributed by atoms with Crippen LogP contribution in [0.4, 0.5) is 4.39 Å². The third-order valence-electron chi connectivity index (χ3n) is 5.04. The molecule has 0 unspecified atom stereocenters. The zero-order valence-electron chi connectivity index (χ0n) is 16.5. The van der Waals surface area contributed by atoms with E-state index in [9.17, 15) is 9.18 Å². The Labute approximate surface area is 156 Å². The number of hydrogen-bond acceptors (Lipinski definition) is 2. The van der Waals surface area contributed by atoms with E-state index in [0.717, 1.165) is 12.8 Å². The summed E-state index contributed by atoms with van der Waals surface area (Å²) >= 11 is 0. The van der Waals surface area contributed by atoms with Crippen molar-refractivity contribution in [3.05, 3.63) is 64.3 Å². The van der Waals surface area contributed by atoms with E-state index in [1.165, 1.54) is 17.6 Å². The summed E-state index contributed by atoms with van der Waals surface area (Å²) in [7, 11) is 0. The lowest BCUT2D eigenvalue weighted by molar-refractivity contribution is 0.0526. The number of hydrogen-bond donors (Lipinski definition) is 0. The van der Waals surface area contributed by atoms with Crippen LogP contribution in [0.1, 0.15) is 69.8 Å². The lowest BCUT2D eigenvalue weighted by Gasteiger charge is -2.32. The van der Waals surface area contributed by atoms with Crippen LogP contribution in [0.5, 0.6) is 0 Å². The maximum atomic E-state index is 14.7. The summed E-state index contributed by atoms with van der Waals surface area (Å²) in [5.41, 5.74) is 4.32. The van der Waals surface area contributed by atoms with Crippen molar-refractivity contribution < 1.29 is 13.9 Å². The Bertz CT molecular complexity index is 749. The predicted octanol–water partition coefficient (Wildman–Crippen LogP) is 6.65. The quantitative estimate of drug-likeness (QED) is 0.436. The number of allylic oxidation sites excluding steroid dienone is 5. The van der Waals surface area contributed by atoms with E-state index in [2.05, 4.69) is 26.8 Å². The third-order valence-corrected chi connectivity index (χ3v) is 5.04. The van der Waals surface area contributed by atoms with Gasteiger partial charge in [-0.1, -0.05) is 43.7 Å². The van der Waals surface area contributed by atoms with Crippen LogP contribution in [-0.4, -0.2) is 12.6 Å². The Balaban J connectivity index is 2.22. The fraction of sp³-hybridized carbons (Fsp3) is 0.435. The zero-order chi connectivity index (χ0) is 19.3. The Morgan fingerprint density at radius 3 is 2.42 bits per heavy atom. The molecule has 2 rings (SSSR count). The molecule has 0 heterocycles. The van der Waals surface area contributed by atoms with Gasteiger partial charge in [0.1, 0.15) is 5.83 Å². The fourth-order valence-electron chi connectivity index (χ4n) is 3.49. The lowest BCUT2D eigenvalue weighted by atomic mass is 9.72. The van der Waals surface area contributed by atoms with E-state index in [1.54, 1.807) is 38.1 Å². The van der Waals surface area contributed by atoms with Gasteiger partial charge in [0.05, 0.1) is 12.2 Å². The highest BCUT2D eigenvalue weighted by atomic mass is 19.1. The highest BCUT2D eigenvalue weighted by molar-refractivity contribution is 5.89. The molecular weight excluding hydrogens is 327 g/mol. The van der Waals surface area contributed by atoms with Crippen LogP contribution >= 0.6 is 0 Å². The predicted molar refractivity (Wildman–Crippen MR) is 106 cm³/mol. The van der Waals surface area contributed by atoms with Crippen molar-refractivity contribution in [2.75, 3.05) is 6.61 Å². The van der Waals surface area contributed by atoms with Crippen LogP contribution < -0.4 is 0 Å². The van der Waals surface area contributed by atoms with Gasteiger partial charge in [-0.2, -0.15) is 0 Å². The number of halogens is 1. The van der Waals surface area contributed by atoms with Gasteiger partial charge in [-0.25, -0.2) is 9.18 Å². The molecule has 0 saturated heterocycles. The van der Waals surface area contributed by atoms with E-state index in [1.807, 2.05) is 6.08 Å². The average molecular weight is 356 g/mol. The second-order valence-electron chi connectivity index (χ2n) is 7.56. The van der Waals surface area contributed by atoms with Crippen molar-refractivity contribution in [3.63, 3.8) is 0 Å². The molecule has 1 aromatic carbocycles. The van der Waals surface area contributed by atoms with Crippen LogP contribution in [0.2, 0.25) is 0 Å². The van der Waals surface area contributed by atoms with Crippen LogP contribution in [0.25, 0.3) is 5.83 Å². The number of ether oxygens (including phenoxy) is 1. The van der Waals surface area contributed by atoms with E-state index in [0.29, 0.717) is 23.3 Å². The van der Waals surface area contributed by atoms with Gasteiger partial charge in [0.2, 0.25) is 0 Å². The van der Waals surface area contributed by atoms with Gasteiger partial charge in [-0.3, -0.25) is 0 Å². The molecular formula is C23H29FO2. The molecule has 26 heavy (non-hydrogen) atoms. The van der Waals surface area contributed by atoms with Crippen molar-refractivity contribution in [1.82, 2.24) is 0 Å². The first-order valence-electron chi connectivity index (χ1n) is 9.28. The topological polar surface area (TPSA) is 26.3 Å². The summed E-state index contributed by atoms with van der Waals surface area (Å²) < 4.78 is 19.7. The average Bonchev–Trinajstić information content (AvgIpc) is 2.60. The Kier molecular flexibility index (Phi) is 6.57. The summed E-state index contributed by atoms with van der Waals surface area (Å²) in [5.74, 6) is -0.662. The molecule has 2 nitrogen and oxygen atoms in total. The minimum absolute atomic E-state index is 0.136. The third kappa shape index (κ3) is 4.72. The molecule has 140 valence electrons. The number of esters is 1. The molecule has 0 aromatic heterocycles. The van der Waals surface area contributed by atoms with Gasteiger partial charge in [0, 0.05) is 5.56 Å². The first-order valence-corrected chi connectivity index (χ1v) is 9.28. The molecule has 0 saturated carbocycles. The number of carbonyl (C=O) groups excluding carboxylic acids is 1. The fourth-order valence-corrected chi connectivity index (χ4v) is 3.49. The Morgan fingerprint density at radius 2 is 1.85 bits per heavy atom. The zero-order valence-corrected chi connectivity index (χ0v) is 16.5. The first kappa shape index (κ1) is 20.2. The minimum atomic E-state index is -0.387. The molecule has 1 aliphatic carbocycles. The molecule has 3 heteroatoms. The van der Waals surface area contributed by atoms with Gasteiger partial charge in [0.25, 0.3) is 0 Å². The molecule has 0 fully saturated rings. The largest absolute Gasteiger partial charge is 0.462 e. The minimum Gasteiger partial charge on any atom is -0.462 e. The number of benzene rings is 1. The molecule has 0 bridgehead atoms. The van der Waals surface area contributed by atoms with Crippen LogP contribution in [0.15, 0.2) is 53.1 Å². The molecule has 0 atom stereocenters. The summed E-state index contributed by atoms with van der Waals surface area (Å²) in [5, 5.41) is 0. The van der Waals surface area contributed by atoms with Gasteiger partial charge < -0.3 is 4.74 Å². The maximum Gasteiger partial charge on any atom is 0.338 e. The van der Waals surface area contributed by atoms with Crippen LogP contribution in [0.3, 0.4) is 0 Å². The number of rotatable bonds is 5. The Morgan fingerprint density at radius 1 is 1.23 bits per heavy atom. The van der Waals surface area contributed by atoms with Crippen molar-refractivity contribution >= 4 is 11.8 Å². The van der Waals surface area contributed by atoms with Gasteiger partial charge in [-0.15, -0.1) is 0 Å². The molecule has 0 radical (unpaired) electrons. The summed E-state index contributed by atoms with van der Waals surface area (Å²) in [4.78, 5) is 11.7. The van der Waals surface area contributed by atoms with Gasteiger partial charge in [0.15, 0.2) is 0 Å². The molecule has 0 aliphatic heterocycles. The standard InChI is InChI=1S/C23H29FO2/c1-6-26-22(25)19-12-10-18(11-13-19)21(24)17(3)9-14-20-16(2)8-7-15-23(20,4)5/h9-14H,6-8,15H2,1-5H3/b14-9+,21-17-. The second-order valence-corrected chi connectivity index (χ2v) is 7.56. The highest BCUT2D eigenvalue weighted by Crippen LogP contribution is 2.41. The summed E-state index contributed by atoms with van der Waals surface area (Å²) in [6.45, 7) is 10.5. The van der Waals surface area contributed by atoms with Gasteiger partial charge >= 0.3 is 5.97 Å². The molecule has 1 aliphatic rings. The normalized spacial score (nSPS) is 18.1. The number of carbonyl (C=O) groups is 1. The summed E-state index contributed by atoms with van der Waals surface area (Å²) in [6.07, 6.45) is 7.41. The molecule has 1 aromatic rings. The van der Waals surface area contributed by atoms with Crippen molar-refractivity contribution in [3.8, 4) is 0 Å². The van der Waals surface area contributed by atoms with E-state index < -0.39 is 0 Å². The van der Waals surface area contributed by atoms with Gasteiger partial charge in [-0.05, 0) is 68.7 Å². The second kappa shape index (κ2) is 8.48. The molecule has 0 spiro atoms. The van der Waals surface area contributed by atoms with E-state index >= 15 is 0 Å². The lowest BCUT2D eigenvalue weighted by Crippen LogP contribution is -2.19. The van der Waals surface area contributed by atoms with E-state index in [4.69, 9.17) is 4.74 Å². The van der Waals surface area contributed by atoms with E-state index in [-0.39, 0.29) is 17.2 Å². The van der Waals surface area contributed by atoms with Crippen molar-refractivity contribution in [2.45, 2.75) is 53.9 Å². The Hall–Kier alpha value is -2.16. The van der Waals surface area contributed by atoms with Crippen molar-refractivity contribution in [1.29, 1.82) is 0 Å². The van der Waals surface area contributed by atoms with Crippen molar-refractivity contribution in [2.24, 2.45) is 5.41 Å². The monoisotopic (exact) mass is 356 g/mol. The maximum absolute atomic E-state index is 14.7. The molecule has 0 amide bonds. The molecule has 0 N–H and O–H groups in total. The van der Waals surface area contributed by atoms with Crippen LogP contribution in [0, 0.1) is 5.41 Å². The van der Waals surface area contributed by atoms with Crippen LogP contribution in [-0.2, 0) is 4.74 Å². The smallest absolute Gasteiger partial charge is 0.338 e. The first-order chi connectivity index (χ1) is 12.3.